The summed E-state index contributed by atoms with van der Waals surface area (Å²) in [4.78, 5) is 4.20. The van der Waals surface area contributed by atoms with Crippen molar-refractivity contribution in [2.45, 2.75) is 25.0 Å². The molecule has 22 heavy (non-hydrogen) atoms. The van der Waals surface area contributed by atoms with E-state index in [-0.39, 0.29) is 17.9 Å². The number of pyridine rings is 1. The minimum Gasteiger partial charge on any atom is -0.508 e. The van der Waals surface area contributed by atoms with E-state index in [9.17, 15) is 5.11 Å². The molecule has 4 rings (SSSR count). The van der Waals surface area contributed by atoms with E-state index in [1.54, 1.807) is 24.7 Å². The monoisotopic (exact) mass is 295 g/mol. The third-order valence-corrected chi connectivity index (χ3v) is 4.11. The number of fused-ring (bicyclic) bond motifs is 1. The Bertz CT molecular complexity index is 804. The van der Waals surface area contributed by atoms with Gasteiger partial charge < -0.3 is 20.0 Å². The van der Waals surface area contributed by atoms with Crippen LogP contribution in [0.15, 0.2) is 49.1 Å². The van der Waals surface area contributed by atoms with Crippen molar-refractivity contribution in [2.24, 2.45) is 5.73 Å². The van der Waals surface area contributed by atoms with Gasteiger partial charge in [-0.2, -0.15) is 0 Å². The van der Waals surface area contributed by atoms with E-state index >= 15 is 0 Å². The number of aromatic hydroxyl groups is 1. The molecular formula is C17H17N3O2. The van der Waals surface area contributed by atoms with Crippen molar-refractivity contribution in [2.75, 3.05) is 0 Å². The van der Waals surface area contributed by atoms with Gasteiger partial charge >= 0.3 is 0 Å². The lowest BCUT2D eigenvalue weighted by atomic mass is 9.90. The average Bonchev–Trinajstić information content (AvgIpc) is 2.95. The number of benzene rings is 1. The third-order valence-electron chi connectivity index (χ3n) is 4.11. The molecule has 0 spiro atoms. The van der Waals surface area contributed by atoms with Crippen molar-refractivity contribution in [3.8, 4) is 22.6 Å². The highest BCUT2D eigenvalue weighted by molar-refractivity contribution is 5.71. The number of nitrogens with two attached hydrogens (primary N) is 1. The Morgan fingerprint density at radius 1 is 1.18 bits per heavy atom. The Kier molecular flexibility index (Phi) is 3.01. The Morgan fingerprint density at radius 2 is 1.95 bits per heavy atom. The maximum Gasteiger partial charge on any atom is 0.146 e. The van der Waals surface area contributed by atoms with Crippen LogP contribution in [0.25, 0.3) is 16.6 Å². The Hall–Kier alpha value is -2.53. The topological polar surface area (TPSA) is 72.8 Å². The van der Waals surface area contributed by atoms with Crippen LogP contribution in [0.5, 0.6) is 11.5 Å². The van der Waals surface area contributed by atoms with Gasteiger partial charge in [0.05, 0.1) is 12.5 Å². The fourth-order valence-corrected chi connectivity index (χ4v) is 2.79. The molecule has 3 aromatic rings. The molecular weight excluding hydrogens is 278 g/mol. The van der Waals surface area contributed by atoms with Gasteiger partial charge in [-0.15, -0.1) is 0 Å². The second-order valence-electron chi connectivity index (χ2n) is 5.80. The predicted molar refractivity (Wildman–Crippen MR) is 83.9 cm³/mol. The molecule has 5 nitrogen and oxygen atoms in total. The summed E-state index contributed by atoms with van der Waals surface area (Å²) >= 11 is 0. The average molecular weight is 295 g/mol. The summed E-state index contributed by atoms with van der Waals surface area (Å²) in [5.41, 5.74) is 8.81. The normalized spacial score (nSPS) is 20.8. The number of nitrogens with zero attached hydrogens (tertiary/aromatic N) is 2. The SMILES string of the molecule is N[C@H]1C[C@H](Oc2cc(-c3ccc(O)cc3)cn3cncc23)C1. The highest BCUT2D eigenvalue weighted by Crippen LogP contribution is 2.32. The molecule has 0 saturated heterocycles. The zero-order valence-electron chi connectivity index (χ0n) is 12.0. The lowest BCUT2D eigenvalue weighted by Crippen LogP contribution is -2.43. The van der Waals surface area contributed by atoms with E-state index < -0.39 is 0 Å². The van der Waals surface area contributed by atoms with Crippen LogP contribution in [-0.4, -0.2) is 26.6 Å². The third kappa shape index (κ3) is 2.29. The van der Waals surface area contributed by atoms with Crippen molar-refractivity contribution < 1.29 is 9.84 Å². The first-order valence-corrected chi connectivity index (χ1v) is 7.36. The first kappa shape index (κ1) is 13.2. The quantitative estimate of drug-likeness (QED) is 0.779. The fraction of sp³-hybridized carbons (Fsp3) is 0.235. The van der Waals surface area contributed by atoms with E-state index in [1.165, 1.54) is 0 Å². The molecule has 1 aromatic carbocycles. The Balaban J connectivity index is 1.74. The van der Waals surface area contributed by atoms with Crippen molar-refractivity contribution >= 4 is 5.52 Å². The van der Waals surface area contributed by atoms with Crippen LogP contribution in [0.3, 0.4) is 0 Å². The summed E-state index contributed by atoms with van der Waals surface area (Å²) in [5.74, 6) is 1.08. The summed E-state index contributed by atoms with van der Waals surface area (Å²) in [7, 11) is 0. The summed E-state index contributed by atoms with van der Waals surface area (Å²) in [6.45, 7) is 0. The van der Waals surface area contributed by atoms with E-state index in [1.807, 2.05) is 28.8 Å². The number of hydrogen-bond acceptors (Lipinski definition) is 4. The van der Waals surface area contributed by atoms with Gasteiger partial charge in [0.1, 0.15) is 23.1 Å². The molecule has 1 fully saturated rings. The van der Waals surface area contributed by atoms with Crippen LogP contribution in [0.1, 0.15) is 12.8 Å². The molecule has 5 heteroatoms. The van der Waals surface area contributed by atoms with Crippen molar-refractivity contribution in [3.63, 3.8) is 0 Å². The molecule has 0 atom stereocenters. The highest BCUT2D eigenvalue weighted by Gasteiger charge is 2.28. The van der Waals surface area contributed by atoms with E-state index in [0.717, 1.165) is 35.2 Å². The standard InChI is InChI=1S/C17H17N3O2/c18-13-6-15(7-13)22-17-5-12(9-20-10-19-8-16(17)20)11-1-3-14(21)4-2-11/h1-5,8-10,13,15,21H,6-7,18H2/t13-,15-. The van der Waals surface area contributed by atoms with E-state index in [0.29, 0.717) is 0 Å². The number of imidazole rings is 1. The molecule has 0 bridgehead atoms. The van der Waals surface area contributed by atoms with Crippen LogP contribution < -0.4 is 10.5 Å². The van der Waals surface area contributed by atoms with Crippen LogP contribution in [-0.2, 0) is 0 Å². The minimum absolute atomic E-state index is 0.184. The molecule has 1 aliphatic carbocycles. The predicted octanol–water partition coefficient (Wildman–Crippen LogP) is 2.58. The van der Waals surface area contributed by atoms with Gasteiger partial charge in [0.25, 0.3) is 0 Å². The minimum atomic E-state index is 0.184. The number of ether oxygens (including phenoxy) is 1. The lowest BCUT2D eigenvalue weighted by molar-refractivity contribution is 0.102. The van der Waals surface area contributed by atoms with Crippen molar-refractivity contribution in [1.82, 2.24) is 9.38 Å². The van der Waals surface area contributed by atoms with Gasteiger partial charge in [-0.05, 0) is 36.6 Å². The van der Waals surface area contributed by atoms with Crippen LogP contribution in [0, 0.1) is 0 Å². The molecule has 0 aliphatic heterocycles. The molecule has 1 saturated carbocycles. The maximum atomic E-state index is 9.43. The second-order valence-corrected chi connectivity index (χ2v) is 5.80. The largest absolute Gasteiger partial charge is 0.508 e. The highest BCUT2D eigenvalue weighted by atomic mass is 16.5. The zero-order valence-corrected chi connectivity index (χ0v) is 12.0. The summed E-state index contributed by atoms with van der Waals surface area (Å²) in [6.07, 6.45) is 7.54. The van der Waals surface area contributed by atoms with Gasteiger partial charge in [0.2, 0.25) is 0 Å². The molecule has 112 valence electrons. The van der Waals surface area contributed by atoms with Gasteiger partial charge in [-0.1, -0.05) is 12.1 Å². The van der Waals surface area contributed by atoms with Crippen LogP contribution in [0.4, 0.5) is 0 Å². The number of hydrogen-bond donors (Lipinski definition) is 2. The van der Waals surface area contributed by atoms with Crippen molar-refractivity contribution in [3.05, 3.63) is 49.1 Å². The smallest absolute Gasteiger partial charge is 0.146 e. The first-order chi connectivity index (χ1) is 10.7. The molecule has 3 N–H and O–H groups in total. The lowest BCUT2D eigenvalue weighted by Gasteiger charge is -2.32. The van der Waals surface area contributed by atoms with E-state index in [2.05, 4.69) is 4.98 Å². The van der Waals surface area contributed by atoms with Crippen LogP contribution >= 0.6 is 0 Å². The molecule has 2 heterocycles. The van der Waals surface area contributed by atoms with Gasteiger partial charge in [0, 0.05) is 17.8 Å². The summed E-state index contributed by atoms with van der Waals surface area (Å²) in [6, 6.07) is 9.41. The second kappa shape index (κ2) is 5.03. The summed E-state index contributed by atoms with van der Waals surface area (Å²) in [5, 5.41) is 9.43. The maximum absolute atomic E-state index is 9.43. The molecule has 2 aromatic heterocycles. The number of phenolic OH excluding ortho intramolecular Hbond substituents is 1. The van der Waals surface area contributed by atoms with Gasteiger partial charge in [-0.25, -0.2) is 4.98 Å². The van der Waals surface area contributed by atoms with Crippen LogP contribution in [0.2, 0.25) is 0 Å². The number of aromatic nitrogens is 2. The Morgan fingerprint density at radius 3 is 2.68 bits per heavy atom. The summed E-state index contributed by atoms with van der Waals surface area (Å²) < 4.78 is 8.04. The molecule has 1 aliphatic rings. The molecule has 0 radical (unpaired) electrons. The number of rotatable bonds is 3. The van der Waals surface area contributed by atoms with Crippen molar-refractivity contribution in [1.29, 1.82) is 0 Å². The molecule has 0 unspecified atom stereocenters. The molecule has 0 amide bonds. The van der Waals surface area contributed by atoms with Gasteiger partial charge in [-0.3, -0.25) is 0 Å². The van der Waals surface area contributed by atoms with Gasteiger partial charge in [0.15, 0.2) is 0 Å². The number of phenols is 1. The van der Waals surface area contributed by atoms with E-state index in [4.69, 9.17) is 10.5 Å². The fourth-order valence-electron chi connectivity index (χ4n) is 2.79. The Labute approximate surface area is 128 Å². The zero-order chi connectivity index (χ0) is 15.1. The first-order valence-electron chi connectivity index (χ1n) is 7.36.